The standard InChI is InChI=1S/C36H22N4P2S2.Zn/c41-17-1-5-21-25(9-17)33-16-34-26-10-18(42)2-6-22(26)31(38-34)14-35-28-12-20(44)4-8-24(28)32(40-35)15-36-27-11-19(43)3-7-23(27)30(39-36)13-29(21)37-33;/h1-16H,41-42H2,(H2-2,37,38,39,40,43,44);/q-2;+2. The van der Waals surface area contributed by atoms with Crippen molar-refractivity contribution in [2.75, 3.05) is 0 Å². The van der Waals surface area contributed by atoms with E-state index in [1.165, 1.54) is 0 Å². The van der Waals surface area contributed by atoms with Crippen LogP contribution < -0.4 is 20.6 Å². The molecule has 0 aliphatic carbocycles. The smallest absolute Gasteiger partial charge is 0.657 e. The Kier molecular flexibility index (Phi) is 7.06. The predicted octanol–water partition coefficient (Wildman–Crippen LogP) is 8.12. The third-order valence-corrected chi connectivity index (χ3v) is 9.63. The van der Waals surface area contributed by atoms with E-state index in [4.69, 9.17) is 19.9 Å². The quantitative estimate of drug-likeness (QED) is 0.0953. The Hall–Kier alpha value is -3.30. The molecular formula is C36H22N4P2S2Zn. The molecule has 0 saturated carbocycles. The summed E-state index contributed by atoms with van der Waals surface area (Å²) in [4.78, 5) is 22.5. The van der Waals surface area contributed by atoms with Gasteiger partial charge < -0.3 is 9.97 Å². The maximum absolute atomic E-state index is 5.19. The summed E-state index contributed by atoms with van der Waals surface area (Å²) >= 11 is 9.33. The van der Waals surface area contributed by atoms with Gasteiger partial charge in [0.25, 0.3) is 0 Å². The zero-order chi connectivity index (χ0) is 29.7. The fourth-order valence-electron chi connectivity index (χ4n) is 6.33. The van der Waals surface area contributed by atoms with Gasteiger partial charge in [0.1, 0.15) is 0 Å². The van der Waals surface area contributed by atoms with Crippen LogP contribution in [0.3, 0.4) is 0 Å². The molecule has 0 N–H and O–H groups in total. The molecule has 8 bridgehead atoms. The van der Waals surface area contributed by atoms with E-state index < -0.39 is 0 Å². The van der Waals surface area contributed by atoms with Crippen LogP contribution in [0.15, 0.2) is 107 Å². The van der Waals surface area contributed by atoms with Gasteiger partial charge in [-0.2, -0.15) is 0 Å². The molecule has 210 valence electrons. The first-order valence-corrected chi connectivity index (χ1v) is 16.1. The normalized spacial score (nSPS) is 11.8. The van der Waals surface area contributed by atoms with Crippen molar-refractivity contribution < 1.29 is 19.5 Å². The number of hydrogen-bond acceptors (Lipinski definition) is 4. The third kappa shape index (κ3) is 4.80. The van der Waals surface area contributed by atoms with Crippen molar-refractivity contribution in [2.45, 2.75) is 9.79 Å². The first-order valence-electron chi connectivity index (χ1n) is 14.1. The second-order valence-corrected chi connectivity index (χ2v) is 13.5. The van der Waals surface area contributed by atoms with Crippen molar-refractivity contribution in [1.29, 1.82) is 0 Å². The summed E-state index contributed by atoms with van der Waals surface area (Å²) < 4.78 is 0. The second kappa shape index (κ2) is 10.9. The molecule has 5 heterocycles. The molecule has 2 atom stereocenters. The van der Waals surface area contributed by atoms with E-state index in [0.717, 1.165) is 109 Å². The Morgan fingerprint density at radius 3 is 1.49 bits per heavy atom. The summed E-state index contributed by atoms with van der Waals surface area (Å²) in [5.74, 6) is 0. The van der Waals surface area contributed by atoms with Crippen LogP contribution in [0.4, 0.5) is 0 Å². The molecular weight excluding hydrogens is 680 g/mol. The van der Waals surface area contributed by atoms with Gasteiger partial charge in [0, 0.05) is 32.0 Å². The van der Waals surface area contributed by atoms with Gasteiger partial charge in [0.05, 0.1) is 22.8 Å². The van der Waals surface area contributed by atoms with E-state index in [0.29, 0.717) is 0 Å². The summed E-state index contributed by atoms with van der Waals surface area (Å²) in [7, 11) is 5.62. The van der Waals surface area contributed by atoms with Crippen LogP contribution >= 0.6 is 43.7 Å². The minimum absolute atomic E-state index is 0. The topological polar surface area (TPSA) is 54.0 Å². The maximum Gasteiger partial charge on any atom is 2.00 e. The Balaban J connectivity index is 0.00000300. The number of aromatic nitrogens is 4. The number of rotatable bonds is 0. The molecule has 0 saturated heterocycles. The molecule has 0 radical (unpaired) electrons. The molecule has 2 aliphatic heterocycles. The summed E-state index contributed by atoms with van der Waals surface area (Å²) in [6.45, 7) is 0. The number of thiol groups is 2. The summed E-state index contributed by atoms with van der Waals surface area (Å²) in [6, 6.07) is 33.5. The molecule has 45 heavy (non-hydrogen) atoms. The second-order valence-electron chi connectivity index (χ2n) is 11.2. The molecule has 4 aromatic carbocycles. The molecule has 2 unspecified atom stereocenters. The Morgan fingerprint density at radius 2 is 0.844 bits per heavy atom. The fourth-order valence-corrected chi connectivity index (χ4v) is 7.26. The van der Waals surface area contributed by atoms with Crippen molar-refractivity contribution in [3.63, 3.8) is 0 Å². The first-order chi connectivity index (χ1) is 21.4. The molecule has 0 amide bonds. The van der Waals surface area contributed by atoms with Gasteiger partial charge in [-0.25, -0.2) is 9.97 Å². The van der Waals surface area contributed by atoms with Crippen molar-refractivity contribution >= 4 is 98.0 Å². The van der Waals surface area contributed by atoms with Gasteiger partial charge in [-0.3, -0.25) is 0 Å². The Bertz CT molecular complexity index is 2570. The Labute approximate surface area is 287 Å². The summed E-state index contributed by atoms with van der Waals surface area (Å²) in [6.07, 6.45) is 0. The van der Waals surface area contributed by atoms with E-state index in [1.54, 1.807) is 0 Å². The summed E-state index contributed by atoms with van der Waals surface area (Å²) in [5, 5.41) is 6.41. The zero-order valence-corrected chi connectivity index (χ0v) is 30.8. The average molecular weight is 702 g/mol. The van der Waals surface area contributed by atoms with E-state index in [1.807, 2.05) is 12.1 Å². The number of benzene rings is 4. The third-order valence-electron chi connectivity index (χ3n) is 8.36. The van der Waals surface area contributed by atoms with E-state index >= 15 is 0 Å². The van der Waals surface area contributed by atoms with Gasteiger partial charge in [-0.15, -0.1) is 65.8 Å². The molecule has 2 aliphatic rings. The van der Waals surface area contributed by atoms with Crippen LogP contribution in [0.1, 0.15) is 0 Å². The van der Waals surface area contributed by atoms with Gasteiger partial charge in [0.2, 0.25) is 0 Å². The first kappa shape index (κ1) is 29.1. The molecule has 3 aromatic heterocycles. The van der Waals surface area contributed by atoms with Crippen LogP contribution in [0, 0.1) is 0 Å². The van der Waals surface area contributed by atoms with Crippen LogP contribution in [0.5, 0.6) is 0 Å². The Morgan fingerprint density at radius 1 is 0.422 bits per heavy atom. The molecule has 7 aromatic rings. The largest absolute Gasteiger partial charge is 2.00 e. The van der Waals surface area contributed by atoms with Crippen LogP contribution in [-0.2, 0) is 19.5 Å². The number of nitrogens with zero attached hydrogens (tertiary/aromatic N) is 4. The molecule has 0 spiro atoms. The molecule has 4 nitrogen and oxygen atoms in total. The van der Waals surface area contributed by atoms with Crippen molar-refractivity contribution in [2.24, 2.45) is 0 Å². The summed E-state index contributed by atoms with van der Waals surface area (Å²) in [5.41, 5.74) is 11.1. The monoisotopic (exact) mass is 700 g/mol. The van der Waals surface area contributed by atoms with E-state index in [9.17, 15) is 0 Å². The molecule has 9 heteroatoms. The predicted molar refractivity (Wildman–Crippen MR) is 196 cm³/mol. The van der Waals surface area contributed by atoms with Crippen LogP contribution in [0.2, 0.25) is 0 Å². The number of hydrogen-bond donors (Lipinski definition) is 2. The van der Waals surface area contributed by atoms with Gasteiger partial charge in [-0.1, -0.05) is 36.4 Å². The minimum Gasteiger partial charge on any atom is -0.657 e. The zero-order valence-electron chi connectivity index (χ0n) is 23.8. The van der Waals surface area contributed by atoms with E-state index in [2.05, 4.69) is 129 Å². The SMILES string of the molecule is Pc1ccc2c(c1)-c1cc3[n-]c(cc4nc(cc5[n-]c(cc-2n1)c1ccc(S)cc51)-c1ccc(S)cc1-4)c1ccc(P)cc31.[Zn+2]. The molecule has 0 fully saturated rings. The van der Waals surface area contributed by atoms with Crippen molar-refractivity contribution in [3.05, 3.63) is 97.1 Å². The van der Waals surface area contributed by atoms with Gasteiger partial charge in [0.15, 0.2) is 0 Å². The van der Waals surface area contributed by atoms with Crippen molar-refractivity contribution in [1.82, 2.24) is 19.9 Å². The van der Waals surface area contributed by atoms with Crippen molar-refractivity contribution in [3.8, 4) is 45.0 Å². The van der Waals surface area contributed by atoms with Crippen LogP contribution in [0.25, 0.3) is 88.6 Å². The molecule has 9 rings (SSSR count). The van der Waals surface area contributed by atoms with E-state index in [-0.39, 0.29) is 19.5 Å². The van der Waals surface area contributed by atoms with Gasteiger partial charge in [-0.05, 0) is 92.8 Å². The fraction of sp³-hybridized carbons (Fsp3) is 0. The van der Waals surface area contributed by atoms with Crippen LogP contribution in [-0.4, -0.2) is 9.97 Å². The number of fused-ring (bicyclic) bond motifs is 20. The average Bonchev–Trinajstić information content (AvgIpc) is 3.71. The minimum atomic E-state index is 0. The van der Waals surface area contributed by atoms with Gasteiger partial charge >= 0.3 is 19.5 Å². The maximum atomic E-state index is 5.19.